The van der Waals surface area contributed by atoms with E-state index < -0.39 is 0 Å². The summed E-state index contributed by atoms with van der Waals surface area (Å²) in [7, 11) is 3.15. The van der Waals surface area contributed by atoms with Gasteiger partial charge in [-0.15, -0.1) is 11.8 Å². The minimum absolute atomic E-state index is 0.0650. The van der Waals surface area contributed by atoms with Crippen LogP contribution in [0.5, 0.6) is 0 Å². The summed E-state index contributed by atoms with van der Waals surface area (Å²) < 4.78 is 0. The highest BCUT2D eigenvalue weighted by Crippen LogP contribution is 2.25. The lowest BCUT2D eigenvalue weighted by Crippen LogP contribution is -2.20. The summed E-state index contributed by atoms with van der Waals surface area (Å²) in [6.45, 7) is 0. The van der Waals surface area contributed by atoms with Gasteiger partial charge in [0, 0.05) is 30.2 Å². The number of amides is 2. The number of benzene rings is 1. The molecule has 2 amide bonds. The number of carbonyl (C=O) groups is 2. The molecule has 92 valence electrons. The molecule has 0 aliphatic carbocycles. The van der Waals surface area contributed by atoms with E-state index in [1.807, 2.05) is 0 Å². The molecule has 6 heteroatoms. The largest absolute Gasteiger partial charge is 0.398 e. The average molecular weight is 253 g/mol. The standard InChI is InChI=1S/C11H15N3O2S/c1-13-10(15)6-17-9-4-3-7(5-8(9)12)11(16)14-2/h3-5H,6,12H2,1-2H3,(H,13,15)(H,14,16). The van der Waals surface area contributed by atoms with E-state index in [9.17, 15) is 9.59 Å². The summed E-state index contributed by atoms with van der Waals surface area (Å²) in [5.41, 5.74) is 6.82. The Morgan fingerprint density at radius 2 is 2.00 bits per heavy atom. The zero-order valence-corrected chi connectivity index (χ0v) is 10.6. The topological polar surface area (TPSA) is 84.2 Å². The van der Waals surface area contributed by atoms with Crippen molar-refractivity contribution in [2.24, 2.45) is 0 Å². The molecular weight excluding hydrogens is 238 g/mol. The fourth-order valence-corrected chi connectivity index (χ4v) is 2.00. The van der Waals surface area contributed by atoms with Gasteiger partial charge in [-0.2, -0.15) is 0 Å². The number of hydrogen-bond acceptors (Lipinski definition) is 4. The van der Waals surface area contributed by atoms with Crippen LogP contribution in [-0.2, 0) is 4.79 Å². The van der Waals surface area contributed by atoms with E-state index in [-0.39, 0.29) is 11.8 Å². The van der Waals surface area contributed by atoms with E-state index in [1.54, 1.807) is 32.3 Å². The third-order valence-corrected chi connectivity index (χ3v) is 3.23. The van der Waals surface area contributed by atoms with Gasteiger partial charge >= 0.3 is 0 Å². The number of rotatable bonds is 4. The van der Waals surface area contributed by atoms with Crippen LogP contribution in [0, 0.1) is 0 Å². The third kappa shape index (κ3) is 3.67. The maximum Gasteiger partial charge on any atom is 0.251 e. The number of nitrogens with two attached hydrogens (primary N) is 1. The number of anilines is 1. The van der Waals surface area contributed by atoms with Crippen LogP contribution in [0.1, 0.15) is 10.4 Å². The molecule has 0 saturated heterocycles. The lowest BCUT2D eigenvalue weighted by Gasteiger charge is -2.07. The van der Waals surface area contributed by atoms with Crippen LogP contribution in [-0.4, -0.2) is 31.7 Å². The molecule has 0 aliphatic heterocycles. The molecular formula is C11H15N3O2S. The Bertz CT molecular complexity index is 435. The van der Waals surface area contributed by atoms with E-state index in [0.29, 0.717) is 17.0 Å². The van der Waals surface area contributed by atoms with Gasteiger partial charge in [-0.05, 0) is 18.2 Å². The van der Waals surface area contributed by atoms with Gasteiger partial charge in [-0.1, -0.05) is 0 Å². The quantitative estimate of drug-likeness (QED) is 0.538. The molecule has 17 heavy (non-hydrogen) atoms. The second-order valence-electron chi connectivity index (χ2n) is 3.29. The van der Waals surface area contributed by atoms with Crippen molar-refractivity contribution in [2.45, 2.75) is 4.90 Å². The first-order valence-electron chi connectivity index (χ1n) is 5.03. The Morgan fingerprint density at radius 1 is 1.29 bits per heavy atom. The summed E-state index contributed by atoms with van der Waals surface area (Å²) in [5, 5.41) is 5.05. The molecule has 0 aliphatic rings. The van der Waals surface area contributed by atoms with Crippen LogP contribution in [0.15, 0.2) is 23.1 Å². The van der Waals surface area contributed by atoms with Gasteiger partial charge in [-0.25, -0.2) is 0 Å². The summed E-state index contributed by atoms with van der Waals surface area (Å²) in [4.78, 5) is 23.2. The first-order chi connectivity index (χ1) is 8.08. The van der Waals surface area contributed by atoms with Gasteiger partial charge in [0.2, 0.25) is 5.91 Å². The summed E-state index contributed by atoms with van der Waals surface area (Å²) in [5.74, 6) is 0.0596. The molecule has 0 saturated carbocycles. The van der Waals surface area contributed by atoms with E-state index in [4.69, 9.17) is 5.73 Å². The number of nitrogen functional groups attached to an aromatic ring is 1. The molecule has 0 bridgehead atoms. The molecule has 0 fully saturated rings. The number of hydrogen-bond donors (Lipinski definition) is 3. The SMILES string of the molecule is CNC(=O)CSc1ccc(C(=O)NC)cc1N. The van der Waals surface area contributed by atoms with Gasteiger partial charge in [0.05, 0.1) is 5.75 Å². The smallest absolute Gasteiger partial charge is 0.251 e. The highest BCUT2D eigenvalue weighted by molar-refractivity contribution is 8.00. The minimum Gasteiger partial charge on any atom is -0.398 e. The second-order valence-corrected chi connectivity index (χ2v) is 4.31. The number of nitrogens with one attached hydrogen (secondary N) is 2. The molecule has 0 radical (unpaired) electrons. The first-order valence-corrected chi connectivity index (χ1v) is 6.02. The Morgan fingerprint density at radius 3 is 2.53 bits per heavy atom. The van der Waals surface area contributed by atoms with Gasteiger partial charge in [0.1, 0.15) is 0 Å². The highest BCUT2D eigenvalue weighted by atomic mass is 32.2. The van der Waals surface area contributed by atoms with Crippen molar-refractivity contribution in [1.82, 2.24) is 10.6 Å². The van der Waals surface area contributed by atoms with Gasteiger partial charge < -0.3 is 16.4 Å². The van der Waals surface area contributed by atoms with Crippen molar-refractivity contribution in [1.29, 1.82) is 0 Å². The summed E-state index contributed by atoms with van der Waals surface area (Å²) >= 11 is 1.34. The van der Waals surface area contributed by atoms with Crippen LogP contribution in [0.25, 0.3) is 0 Å². The maximum absolute atomic E-state index is 11.4. The Kier molecular flexibility index (Phi) is 4.84. The summed E-state index contributed by atoms with van der Waals surface area (Å²) in [6, 6.07) is 5.03. The molecule has 1 aromatic carbocycles. The molecule has 0 unspecified atom stereocenters. The molecule has 1 rings (SSSR count). The zero-order valence-electron chi connectivity index (χ0n) is 9.74. The lowest BCUT2D eigenvalue weighted by molar-refractivity contribution is -0.118. The van der Waals surface area contributed by atoms with Gasteiger partial charge in [0.25, 0.3) is 5.91 Å². The van der Waals surface area contributed by atoms with Crippen molar-refractivity contribution < 1.29 is 9.59 Å². The normalized spacial score (nSPS) is 9.76. The van der Waals surface area contributed by atoms with Crippen LogP contribution >= 0.6 is 11.8 Å². The van der Waals surface area contributed by atoms with Crippen molar-refractivity contribution in [3.8, 4) is 0 Å². The zero-order chi connectivity index (χ0) is 12.8. The fourth-order valence-electron chi connectivity index (χ4n) is 1.18. The van der Waals surface area contributed by atoms with E-state index >= 15 is 0 Å². The minimum atomic E-state index is -0.181. The molecule has 0 atom stereocenters. The van der Waals surface area contributed by atoms with Gasteiger partial charge in [-0.3, -0.25) is 9.59 Å². The molecule has 5 nitrogen and oxygen atoms in total. The molecule has 4 N–H and O–H groups in total. The lowest BCUT2D eigenvalue weighted by atomic mass is 10.2. The van der Waals surface area contributed by atoms with Crippen LogP contribution < -0.4 is 16.4 Å². The van der Waals surface area contributed by atoms with Crippen LogP contribution in [0.2, 0.25) is 0 Å². The monoisotopic (exact) mass is 253 g/mol. The Balaban J connectivity index is 2.76. The maximum atomic E-state index is 11.4. The van der Waals surface area contributed by atoms with Crippen molar-refractivity contribution in [3.05, 3.63) is 23.8 Å². The Hall–Kier alpha value is -1.69. The van der Waals surface area contributed by atoms with Crippen LogP contribution in [0.4, 0.5) is 5.69 Å². The van der Waals surface area contributed by atoms with Gasteiger partial charge in [0.15, 0.2) is 0 Å². The number of thioether (sulfide) groups is 1. The van der Waals surface area contributed by atoms with E-state index in [2.05, 4.69) is 10.6 Å². The third-order valence-electron chi connectivity index (χ3n) is 2.14. The molecule has 0 spiro atoms. The predicted molar refractivity (Wildman–Crippen MR) is 69.0 cm³/mol. The van der Waals surface area contributed by atoms with Crippen molar-refractivity contribution >= 4 is 29.3 Å². The predicted octanol–water partition coefficient (Wildman–Crippen LogP) is 0.466. The molecule has 0 aromatic heterocycles. The van der Waals surface area contributed by atoms with E-state index in [1.165, 1.54) is 11.8 Å². The van der Waals surface area contributed by atoms with Crippen molar-refractivity contribution in [3.63, 3.8) is 0 Å². The van der Waals surface area contributed by atoms with Crippen molar-refractivity contribution in [2.75, 3.05) is 25.6 Å². The highest BCUT2D eigenvalue weighted by Gasteiger charge is 2.08. The molecule has 1 aromatic rings. The second kappa shape index (κ2) is 6.15. The Labute approximate surface area is 104 Å². The average Bonchev–Trinajstić information content (AvgIpc) is 2.35. The van der Waals surface area contributed by atoms with Crippen LogP contribution in [0.3, 0.4) is 0 Å². The fraction of sp³-hybridized carbons (Fsp3) is 0.273. The summed E-state index contributed by atoms with van der Waals surface area (Å²) in [6.07, 6.45) is 0. The number of carbonyl (C=O) groups excluding carboxylic acids is 2. The van der Waals surface area contributed by atoms with E-state index in [0.717, 1.165) is 4.90 Å². The molecule has 0 heterocycles. The first kappa shape index (κ1) is 13.4.